The topological polar surface area (TPSA) is 244 Å². The molecule has 382 valence electrons. The third-order valence-electron chi connectivity index (χ3n) is 14.6. The minimum absolute atomic E-state index is 0.00962. The normalized spacial score (nSPS) is 42.6. The Kier molecular flexibility index (Phi) is 19.5. The van der Waals surface area contributed by atoms with Gasteiger partial charge in [0.05, 0.1) is 54.0 Å². The summed E-state index contributed by atoms with van der Waals surface area (Å²) >= 11 is 0. The van der Waals surface area contributed by atoms with E-state index in [1.165, 1.54) is 52.5 Å². The lowest BCUT2D eigenvalue weighted by atomic mass is 9.75. The fourth-order valence-corrected chi connectivity index (χ4v) is 11.5. The highest BCUT2D eigenvalue weighted by Crippen LogP contribution is 2.43. The number of nitrogens with zero attached hydrogens (tertiary/aromatic N) is 1. The molecule has 1 aromatic carbocycles. The second-order valence-corrected chi connectivity index (χ2v) is 21.9. The van der Waals surface area contributed by atoms with Gasteiger partial charge < -0.3 is 69.3 Å². The predicted molar refractivity (Wildman–Crippen MR) is 246 cm³/mol. The van der Waals surface area contributed by atoms with Gasteiger partial charge in [-0.05, 0) is 117 Å². The van der Waals surface area contributed by atoms with Crippen LogP contribution in [0.5, 0.6) is 5.75 Å². The number of aliphatic hydroxyl groups is 5. The van der Waals surface area contributed by atoms with Crippen molar-refractivity contribution >= 4 is 16.0 Å². The number of esters is 1. The van der Waals surface area contributed by atoms with Gasteiger partial charge >= 0.3 is 5.97 Å². The Morgan fingerprint density at radius 3 is 2.15 bits per heavy atom. The lowest BCUT2D eigenvalue weighted by molar-refractivity contribution is -0.336. The summed E-state index contributed by atoms with van der Waals surface area (Å²) in [6.07, 6.45) is -9.35. The number of likely N-dealkylation sites (N-methyl/N-ethyl adjacent to an activating group) is 1. The van der Waals surface area contributed by atoms with Crippen LogP contribution in [-0.2, 0) is 43.2 Å². The molecule has 19 heteroatoms. The van der Waals surface area contributed by atoms with E-state index < -0.39 is 118 Å². The summed E-state index contributed by atoms with van der Waals surface area (Å²) in [7, 11) is 0.212. The molecule has 66 heavy (non-hydrogen) atoms. The predicted octanol–water partition coefficient (Wildman–Crippen LogP) is 2.70. The second-order valence-electron chi connectivity index (χ2n) is 19.9. The Hall–Kier alpha value is -2.08. The molecular formula is C47H83N3O15S. The highest BCUT2D eigenvalue weighted by Gasteiger charge is 2.58. The maximum atomic E-state index is 14.5. The molecule has 0 spiro atoms. The van der Waals surface area contributed by atoms with Crippen LogP contribution in [0.4, 0.5) is 0 Å². The van der Waals surface area contributed by atoms with Crippen LogP contribution in [0.25, 0.3) is 0 Å². The maximum absolute atomic E-state index is 14.5. The molecule has 0 saturated carbocycles. The van der Waals surface area contributed by atoms with E-state index >= 15 is 0 Å². The molecule has 3 fully saturated rings. The van der Waals surface area contributed by atoms with Crippen molar-refractivity contribution in [1.82, 2.24) is 14.9 Å². The number of rotatable bonds is 14. The minimum Gasteiger partial charge on any atom is -0.497 e. The zero-order valence-corrected chi connectivity index (χ0v) is 42.5. The van der Waals surface area contributed by atoms with Gasteiger partial charge in [0, 0.05) is 39.1 Å². The number of carbonyl (C=O) groups is 1. The number of ether oxygens (including phenoxy) is 7. The van der Waals surface area contributed by atoms with Crippen molar-refractivity contribution in [1.29, 1.82) is 0 Å². The average Bonchev–Trinajstić information content (AvgIpc) is 3.26. The highest BCUT2D eigenvalue weighted by atomic mass is 32.2. The van der Waals surface area contributed by atoms with Crippen molar-refractivity contribution in [2.75, 3.05) is 40.9 Å². The fourth-order valence-electron chi connectivity index (χ4n) is 10.1. The van der Waals surface area contributed by atoms with Crippen LogP contribution in [0.3, 0.4) is 0 Å². The van der Waals surface area contributed by atoms with E-state index in [1.807, 2.05) is 13.8 Å². The average molecular weight is 962 g/mol. The Morgan fingerprint density at radius 2 is 1.58 bits per heavy atom. The van der Waals surface area contributed by atoms with Crippen molar-refractivity contribution in [3.8, 4) is 5.75 Å². The van der Waals surface area contributed by atoms with Gasteiger partial charge in [0.25, 0.3) is 0 Å². The van der Waals surface area contributed by atoms with Gasteiger partial charge in [-0.3, -0.25) is 4.79 Å². The Morgan fingerprint density at radius 1 is 0.939 bits per heavy atom. The highest BCUT2D eigenvalue weighted by molar-refractivity contribution is 7.89. The summed E-state index contributed by atoms with van der Waals surface area (Å²) in [5.41, 5.74) is -6.34. The molecule has 0 aliphatic carbocycles. The van der Waals surface area contributed by atoms with Crippen LogP contribution in [-0.4, -0.2) is 175 Å². The molecule has 0 amide bonds. The van der Waals surface area contributed by atoms with Crippen LogP contribution < -0.4 is 15.4 Å². The number of nitrogens with one attached hydrogen (secondary N) is 2. The number of aliphatic hydroxyl groups excluding tert-OH is 2. The first-order valence-electron chi connectivity index (χ1n) is 23.6. The first-order chi connectivity index (χ1) is 30.6. The summed E-state index contributed by atoms with van der Waals surface area (Å²) < 4.78 is 72.8. The van der Waals surface area contributed by atoms with E-state index in [1.54, 1.807) is 55.4 Å². The quantitative estimate of drug-likeness (QED) is 0.105. The van der Waals surface area contributed by atoms with E-state index in [4.69, 9.17) is 33.2 Å². The van der Waals surface area contributed by atoms with E-state index in [2.05, 4.69) is 10.6 Å². The molecule has 4 rings (SSSR count). The van der Waals surface area contributed by atoms with Crippen molar-refractivity contribution in [3.05, 3.63) is 24.3 Å². The van der Waals surface area contributed by atoms with Crippen LogP contribution in [0.15, 0.2) is 29.2 Å². The molecule has 7 N–H and O–H groups in total. The lowest BCUT2D eigenvalue weighted by Crippen LogP contribution is -2.70. The summed E-state index contributed by atoms with van der Waals surface area (Å²) in [5, 5.41) is 66.7. The molecule has 18 atom stereocenters. The van der Waals surface area contributed by atoms with Gasteiger partial charge in [-0.15, -0.1) is 0 Å². The van der Waals surface area contributed by atoms with Gasteiger partial charge in [0.1, 0.15) is 40.9 Å². The number of benzene rings is 1. The van der Waals surface area contributed by atoms with Gasteiger partial charge in [0.2, 0.25) is 10.0 Å². The number of methoxy groups -OCH3 is 2. The monoisotopic (exact) mass is 962 g/mol. The van der Waals surface area contributed by atoms with Crippen molar-refractivity contribution in [3.63, 3.8) is 0 Å². The molecule has 3 heterocycles. The first kappa shape index (κ1) is 56.5. The van der Waals surface area contributed by atoms with Crippen LogP contribution in [0, 0.1) is 17.8 Å². The molecule has 3 aliphatic heterocycles. The smallest absolute Gasteiger partial charge is 0.311 e. The van der Waals surface area contributed by atoms with Gasteiger partial charge in [-0.1, -0.05) is 27.7 Å². The van der Waals surface area contributed by atoms with Crippen molar-refractivity contribution < 1.29 is 71.9 Å². The molecule has 0 bridgehead atoms. The van der Waals surface area contributed by atoms with E-state index in [9.17, 15) is 38.7 Å². The van der Waals surface area contributed by atoms with E-state index in [-0.39, 0.29) is 49.6 Å². The second kappa shape index (κ2) is 22.8. The lowest BCUT2D eigenvalue weighted by Gasteiger charge is -2.53. The summed E-state index contributed by atoms with van der Waals surface area (Å²) in [4.78, 5) is 14.5. The maximum Gasteiger partial charge on any atom is 0.311 e. The molecular weight excluding hydrogens is 879 g/mol. The van der Waals surface area contributed by atoms with E-state index in [0.29, 0.717) is 12.3 Å². The summed E-state index contributed by atoms with van der Waals surface area (Å²) in [6, 6.07) is 4.22. The molecule has 0 aromatic heterocycles. The summed E-state index contributed by atoms with van der Waals surface area (Å²) in [6.45, 7) is 20.0. The van der Waals surface area contributed by atoms with Crippen molar-refractivity contribution in [2.24, 2.45) is 17.8 Å². The van der Waals surface area contributed by atoms with E-state index in [0.717, 1.165) is 10.7 Å². The minimum atomic E-state index is -4.15. The third kappa shape index (κ3) is 12.3. The number of sulfonamides is 1. The van der Waals surface area contributed by atoms with Gasteiger partial charge in [0.15, 0.2) is 12.6 Å². The zero-order valence-electron chi connectivity index (χ0n) is 41.7. The van der Waals surface area contributed by atoms with Gasteiger partial charge in [-0.25, -0.2) is 8.42 Å². The van der Waals surface area contributed by atoms with Crippen molar-refractivity contribution in [2.45, 2.75) is 203 Å². The van der Waals surface area contributed by atoms with Crippen LogP contribution >= 0.6 is 0 Å². The van der Waals surface area contributed by atoms with Crippen LogP contribution in [0.2, 0.25) is 0 Å². The molecule has 1 aromatic rings. The third-order valence-corrected chi connectivity index (χ3v) is 16.5. The molecule has 18 nitrogen and oxygen atoms in total. The Balaban J connectivity index is 1.82. The van der Waals surface area contributed by atoms with Crippen LogP contribution in [0.1, 0.15) is 108 Å². The largest absolute Gasteiger partial charge is 0.497 e. The number of hydrogen-bond acceptors (Lipinski definition) is 17. The number of hydrogen-bond donors (Lipinski definition) is 7. The molecule has 3 saturated heterocycles. The standard InChI is InChI=1S/C47H83N3O15S/c1-15-21-48-26-47(56)32(8)62-37(24-45(47,10)60-14)64-39-29(5)41(44(9,54)23-27(3)25-49-31(7)40(52)46(11,55)36(16-2)63-42(53)30(39)6)65-43-38(51)35(22-28(4)61-43)50(12)66(57,58)34-19-17-33(59-13)18-20-34/h17-20,27-32,35-41,43,48-49,51-52,54-56H,15-16,21-26H2,1-14H3/t27-,28-,29+,30-,31-,32+,35+,36-,37+,38-,39+,40-,41-,43+,44-,45-,46-,47+/m1/s1. The molecule has 3 aliphatic rings. The fraction of sp³-hybridized carbons (Fsp3) is 0.851. The summed E-state index contributed by atoms with van der Waals surface area (Å²) in [5.74, 6) is -2.67. The molecule has 0 radical (unpaired) electrons. The Labute approximate surface area is 393 Å². The number of carbonyl (C=O) groups excluding carboxylic acids is 1. The first-order valence-corrected chi connectivity index (χ1v) is 25.1. The van der Waals surface area contributed by atoms with Gasteiger partial charge in [-0.2, -0.15) is 4.31 Å². The SMILES string of the molecule is CCCNC[C@]1(O)[C@H](C)O[C@@H](O[C@H]2[C@H](C)[C@@H](O[C@@H]3O[C@H](C)C[C@H](N(C)S(=O)(=O)c4ccc(OC)cc4)[C@H]3O)[C@](C)(O)C[C@@H](C)CN[C@H](C)[C@@H](O)[C@](C)(O)[C@@H](CC)OC(=O)[C@@H]2C)C[C@@]1(C)OC. The zero-order chi connectivity index (χ0) is 49.7. The number of cyclic esters (lactones) is 1. The molecule has 0 unspecified atom stereocenters. The Bertz CT molecular complexity index is 1810.